The molecule has 7 atom stereocenters. The number of carbonyl (C=O) groups is 4. The van der Waals surface area contributed by atoms with Crippen LogP contribution in [0.3, 0.4) is 0 Å². The van der Waals surface area contributed by atoms with Crippen LogP contribution in [-0.2, 0) is 19.2 Å². The number of aliphatic hydroxyl groups is 4. The third-order valence-electron chi connectivity index (χ3n) is 6.05. The van der Waals surface area contributed by atoms with Gasteiger partial charge in [-0.1, -0.05) is 57.5 Å². The summed E-state index contributed by atoms with van der Waals surface area (Å²) in [5.41, 5.74) is 6.26. The standard InChI is InChI=1S/C26H42N4O9/c1-4-8-16(27)24(37)29-18(11-14(2)3)25(38)30-19(13-31)21(34)22(35)23(36)26(39)28-17(12-20(32)33)15-9-6-5-7-10-15/h5-7,9-10,14,16-19,21-23,31,34-36H,4,8,11-13,27H2,1-3H3,(H,28,39)(H,29,37)(H,30,38)(H,32,33). The van der Waals surface area contributed by atoms with E-state index in [2.05, 4.69) is 16.0 Å². The van der Waals surface area contributed by atoms with E-state index in [4.69, 9.17) is 5.73 Å². The highest BCUT2D eigenvalue weighted by molar-refractivity contribution is 5.90. The molecular weight excluding hydrogens is 512 g/mol. The van der Waals surface area contributed by atoms with Crippen LogP contribution in [0.1, 0.15) is 58.1 Å². The Morgan fingerprint density at radius 1 is 0.897 bits per heavy atom. The van der Waals surface area contributed by atoms with E-state index in [1.54, 1.807) is 30.3 Å². The predicted octanol–water partition coefficient (Wildman–Crippen LogP) is -1.46. The van der Waals surface area contributed by atoms with Crippen molar-refractivity contribution < 1.29 is 44.7 Å². The minimum atomic E-state index is -2.23. The molecule has 0 heterocycles. The second-order valence-electron chi connectivity index (χ2n) is 9.88. The maximum atomic E-state index is 12.9. The number of amides is 3. The van der Waals surface area contributed by atoms with Gasteiger partial charge in [0.05, 0.1) is 31.2 Å². The third-order valence-corrected chi connectivity index (χ3v) is 6.05. The Morgan fingerprint density at radius 2 is 1.51 bits per heavy atom. The molecule has 1 aromatic rings. The molecule has 1 rings (SSSR count). The van der Waals surface area contributed by atoms with E-state index in [1.807, 2.05) is 20.8 Å². The molecule has 0 saturated carbocycles. The number of carboxylic acid groups (broad SMARTS) is 1. The Hall–Kier alpha value is -3.10. The van der Waals surface area contributed by atoms with Gasteiger partial charge in [-0.3, -0.25) is 19.2 Å². The molecule has 1 aromatic carbocycles. The van der Waals surface area contributed by atoms with Crippen molar-refractivity contribution >= 4 is 23.7 Å². The van der Waals surface area contributed by atoms with Gasteiger partial charge in [0.1, 0.15) is 18.2 Å². The van der Waals surface area contributed by atoms with Crippen molar-refractivity contribution in [1.29, 1.82) is 0 Å². The molecule has 0 spiro atoms. The number of aliphatic hydroxyl groups excluding tert-OH is 4. The Morgan fingerprint density at radius 3 is 2.03 bits per heavy atom. The molecule has 39 heavy (non-hydrogen) atoms. The monoisotopic (exact) mass is 554 g/mol. The summed E-state index contributed by atoms with van der Waals surface area (Å²) in [6, 6.07) is 3.66. The summed E-state index contributed by atoms with van der Waals surface area (Å²) in [6.45, 7) is 4.62. The summed E-state index contributed by atoms with van der Waals surface area (Å²) < 4.78 is 0. The molecule has 3 amide bonds. The van der Waals surface area contributed by atoms with Gasteiger partial charge in [-0.05, 0) is 24.3 Å². The first kappa shape index (κ1) is 33.9. The molecular formula is C26H42N4O9. The summed E-state index contributed by atoms with van der Waals surface area (Å²) >= 11 is 0. The number of carboxylic acids is 1. The fraction of sp³-hybridized carbons (Fsp3) is 0.615. The molecule has 0 radical (unpaired) electrons. The van der Waals surface area contributed by atoms with Gasteiger partial charge in [0.2, 0.25) is 11.8 Å². The van der Waals surface area contributed by atoms with Crippen LogP contribution < -0.4 is 21.7 Å². The molecule has 7 unspecified atom stereocenters. The highest BCUT2D eigenvalue weighted by Crippen LogP contribution is 2.18. The summed E-state index contributed by atoms with van der Waals surface area (Å²) in [7, 11) is 0. The predicted molar refractivity (Wildman–Crippen MR) is 141 cm³/mol. The lowest BCUT2D eigenvalue weighted by molar-refractivity contribution is -0.145. The first-order chi connectivity index (χ1) is 18.3. The average molecular weight is 555 g/mol. The molecule has 0 saturated heterocycles. The number of nitrogens with two attached hydrogens (primary N) is 1. The van der Waals surface area contributed by atoms with Crippen LogP contribution in [0.2, 0.25) is 0 Å². The molecule has 0 aliphatic rings. The molecule has 10 N–H and O–H groups in total. The molecule has 0 bridgehead atoms. The zero-order chi connectivity index (χ0) is 29.7. The Labute approximate surface area is 227 Å². The molecule has 0 aromatic heterocycles. The van der Waals surface area contributed by atoms with Crippen molar-refractivity contribution in [2.45, 2.75) is 88.9 Å². The average Bonchev–Trinajstić information content (AvgIpc) is 2.89. The fourth-order valence-electron chi connectivity index (χ4n) is 3.90. The highest BCUT2D eigenvalue weighted by atomic mass is 16.4. The van der Waals surface area contributed by atoms with Gasteiger partial charge >= 0.3 is 5.97 Å². The summed E-state index contributed by atoms with van der Waals surface area (Å²) in [6.07, 6.45) is -5.64. The van der Waals surface area contributed by atoms with Crippen molar-refractivity contribution in [1.82, 2.24) is 16.0 Å². The summed E-state index contributed by atoms with van der Waals surface area (Å²) in [5, 5.41) is 57.6. The number of rotatable bonds is 17. The lowest BCUT2D eigenvalue weighted by Gasteiger charge is -2.31. The zero-order valence-electron chi connectivity index (χ0n) is 22.5. The van der Waals surface area contributed by atoms with E-state index in [-0.39, 0.29) is 12.3 Å². The molecule has 13 heteroatoms. The van der Waals surface area contributed by atoms with Crippen molar-refractivity contribution in [3.05, 3.63) is 35.9 Å². The van der Waals surface area contributed by atoms with E-state index in [0.717, 1.165) is 0 Å². The maximum absolute atomic E-state index is 12.9. The number of hydrogen-bond acceptors (Lipinski definition) is 9. The van der Waals surface area contributed by atoms with Gasteiger partial charge in [0.15, 0.2) is 6.10 Å². The number of carbonyl (C=O) groups excluding carboxylic acids is 3. The van der Waals surface area contributed by atoms with Gasteiger partial charge in [0.25, 0.3) is 5.91 Å². The number of benzene rings is 1. The van der Waals surface area contributed by atoms with E-state index in [1.165, 1.54) is 0 Å². The van der Waals surface area contributed by atoms with E-state index in [9.17, 15) is 44.7 Å². The largest absolute Gasteiger partial charge is 0.481 e. The smallest absolute Gasteiger partial charge is 0.305 e. The Balaban J connectivity index is 2.94. The van der Waals surface area contributed by atoms with E-state index >= 15 is 0 Å². The van der Waals surface area contributed by atoms with E-state index < -0.39 is 79.2 Å². The van der Waals surface area contributed by atoms with Gasteiger partial charge < -0.3 is 47.2 Å². The van der Waals surface area contributed by atoms with Crippen LogP contribution >= 0.6 is 0 Å². The lowest BCUT2D eigenvalue weighted by Crippen LogP contribution is -2.60. The van der Waals surface area contributed by atoms with Crippen LogP contribution in [0.4, 0.5) is 0 Å². The quantitative estimate of drug-likeness (QED) is 0.109. The van der Waals surface area contributed by atoms with Crippen LogP contribution in [0.15, 0.2) is 30.3 Å². The molecule has 220 valence electrons. The van der Waals surface area contributed by atoms with Crippen LogP contribution in [0.5, 0.6) is 0 Å². The lowest BCUT2D eigenvalue weighted by atomic mass is 9.98. The second kappa shape index (κ2) is 16.8. The molecule has 0 fully saturated rings. The van der Waals surface area contributed by atoms with Crippen molar-refractivity contribution in [2.24, 2.45) is 11.7 Å². The van der Waals surface area contributed by atoms with Crippen LogP contribution in [-0.4, -0.2) is 92.3 Å². The van der Waals surface area contributed by atoms with Crippen LogP contribution in [0, 0.1) is 5.92 Å². The second-order valence-corrected chi connectivity index (χ2v) is 9.88. The van der Waals surface area contributed by atoms with Crippen molar-refractivity contribution in [3.63, 3.8) is 0 Å². The Bertz CT molecular complexity index is 931. The number of aliphatic carboxylic acids is 1. The summed E-state index contributed by atoms with van der Waals surface area (Å²) in [5.74, 6) is -3.73. The van der Waals surface area contributed by atoms with Crippen LogP contribution in [0.25, 0.3) is 0 Å². The maximum Gasteiger partial charge on any atom is 0.305 e. The fourth-order valence-corrected chi connectivity index (χ4v) is 3.90. The van der Waals surface area contributed by atoms with E-state index in [0.29, 0.717) is 18.4 Å². The number of nitrogens with one attached hydrogen (secondary N) is 3. The third kappa shape index (κ3) is 11.3. The Kier molecular flexibility index (Phi) is 14.6. The molecule has 13 nitrogen and oxygen atoms in total. The van der Waals surface area contributed by atoms with Gasteiger partial charge in [-0.15, -0.1) is 0 Å². The first-order valence-corrected chi connectivity index (χ1v) is 12.9. The number of hydrogen-bond donors (Lipinski definition) is 9. The molecule has 0 aliphatic heterocycles. The minimum absolute atomic E-state index is 0.0274. The van der Waals surface area contributed by atoms with Gasteiger partial charge in [-0.2, -0.15) is 0 Å². The van der Waals surface area contributed by atoms with Gasteiger partial charge in [-0.25, -0.2) is 0 Å². The van der Waals surface area contributed by atoms with Gasteiger partial charge in [0, 0.05) is 0 Å². The zero-order valence-corrected chi connectivity index (χ0v) is 22.5. The highest BCUT2D eigenvalue weighted by Gasteiger charge is 2.37. The first-order valence-electron chi connectivity index (χ1n) is 12.9. The summed E-state index contributed by atoms with van der Waals surface area (Å²) in [4.78, 5) is 49.2. The van der Waals surface area contributed by atoms with Crippen molar-refractivity contribution in [2.75, 3.05) is 6.61 Å². The topological polar surface area (TPSA) is 232 Å². The van der Waals surface area contributed by atoms with Crippen molar-refractivity contribution in [3.8, 4) is 0 Å². The normalized spacial score (nSPS) is 16.7. The minimum Gasteiger partial charge on any atom is -0.481 e. The SMILES string of the molecule is CCCC(N)C(=O)NC(CC(C)C)C(=O)NC(CO)C(O)C(O)C(O)C(=O)NC(CC(=O)O)c1ccccc1. The molecule has 0 aliphatic carbocycles.